The summed E-state index contributed by atoms with van der Waals surface area (Å²) in [6.07, 6.45) is 1.36. The molecular weight excluding hydrogens is 502 g/mol. The van der Waals surface area contributed by atoms with Crippen molar-refractivity contribution < 1.29 is 14.4 Å². The zero-order valence-corrected chi connectivity index (χ0v) is 21.7. The summed E-state index contributed by atoms with van der Waals surface area (Å²) in [7, 11) is 0. The Hall–Kier alpha value is -3.75. The van der Waals surface area contributed by atoms with Crippen molar-refractivity contribution in [3.63, 3.8) is 0 Å². The van der Waals surface area contributed by atoms with Crippen molar-refractivity contribution >= 4 is 57.3 Å². The number of thioether (sulfide) groups is 1. The van der Waals surface area contributed by atoms with E-state index < -0.39 is 0 Å². The van der Waals surface area contributed by atoms with Gasteiger partial charge in [-0.15, -0.1) is 0 Å². The number of fused-ring (bicyclic) bond motifs is 1. The lowest BCUT2D eigenvalue weighted by Crippen LogP contribution is -2.39. The number of hydrogen-bond acceptors (Lipinski definition) is 5. The van der Waals surface area contributed by atoms with Crippen molar-refractivity contribution in [1.82, 2.24) is 10.2 Å². The van der Waals surface area contributed by atoms with Crippen LogP contribution in [0.1, 0.15) is 16.7 Å². The van der Waals surface area contributed by atoms with E-state index in [0.717, 1.165) is 22.9 Å². The Morgan fingerprint density at radius 1 is 0.784 bits per heavy atom. The fourth-order valence-corrected chi connectivity index (χ4v) is 5.85. The molecule has 8 heteroatoms. The van der Waals surface area contributed by atoms with E-state index in [2.05, 4.69) is 5.32 Å². The predicted molar refractivity (Wildman–Crippen MR) is 151 cm³/mol. The van der Waals surface area contributed by atoms with Gasteiger partial charge in [-0.3, -0.25) is 24.2 Å². The van der Waals surface area contributed by atoms with Gasteiger partial charge in [0.2, 0.25) is 5.91 Å². The average Bonchev–Trinajstić information content (AvgIpc) is 3.35. The largest absolute Gasteiger partial charge is 0.354 e. The molecule has 1 fully saturated rings. The monoisotopic (exact) mass is 527 g/mol. The third-order valence-electron chi connectivity index (χ3n) is 6.35. The number of rotatable bonds is 8. The third-order valence-corrected chi connectivity index (χ3v) is 7.79. The van der Waals surface area contributed by atoms with E-state index in [1.165, 1.54) is 4.90 Å². The first-order valence-corrected chi connectivity index (χ1v) is 13.3. The maximum atomic E-state index is 13.6. The Morgan fingerprint density at radius 2 is 1.41 bits per heavy atom. The lowest BCUT2D eigenvalue weighted by Gasteiger charge is -2.17. The molecule has 186 valence electrons. The molecule has 0 aliphatic carbocycles. The molecule has 3 aromatic carbocycles. The highest BCUT2D eigenvalue weighted by atomic mass is 32.2. The summed E-state index contributed by atoms with van der Waals surface area (Å²) < 4.78 is 0.436. The standard InChI is InChI=1S/C29H25N3O3S2/c33-24(30-17-15-20-9-3-1-4-10-20)19-32-23-14-8-7-13-22(23)25(27(32)34)26-28(35)31(29(36)37-26)18-16-21-11-5-2-6-12-21/h1-14H,15-19H2,(H,30,33). The normalized spacial score (nSPS) is 16.9. The van der Waals surface area contributed by atoms with Crippen molar-refractivity contribution in [2.24, 2.45) is 0 Å². The molecule has 0 atom stereocenters. The van der Waals surface area contributed by atoms with Gasteiger partial charge in [-0.05, 0) is 30.0 Å². The van der Waals surface area contributed by atoms with Gasteiger partial charge >= 0.3 is 0 Å². The summed E-state index contributed by atoms with van der Waals surface area (Å²) in [5, 5.41) is 2.90. The molecule has 37 heavy (non-hydrogen) atoms. The van der Waals surface area contributed by atoms with Crippen LogP contribution in [0.25, 0.3) is 5.57 Å². The number of benzene rings is 3. The SMILES string of the molecule is O=C(CN1C(=O)C(=C2SC(=S)N(CCc3ccccc3)C2=O)c2ccccc21)NCCc1ccccc1. The van der Waals surface area contributed by atoms with Gasteiger partial charge in [0.25, 0.3) is 11.8 Å². The molecule has 0 spiro atoms. The van der Waals surface area contributed by atoms with Crippen molar-refractivity contribution in [1.29, 1.82) is 0 Å². The minimum atomic E-state index is -0.358. The van der Waals surface area contributed by atoms with Crippen LogP contribution in [-0.2, 0) is 27.2 Å². The zero-order chi connectivity index (χ0) is 25.8. The summed E-state index contributed by atoms with van der Waals surface area (Å²) in [5.41, 5.74) is 3.81. The second-order valence-electron chi connectivity index (χ2n) is 8.76. The Bertz CT molecular complexity index is 1390. The van der Waals surface area contributed by atoms with Crippen LogP contribution in [-0.4, -0.2) is 46.6 Å². The Kier molecular flexibility index (Phi) is 7.48. The Labute approximate surface area is 225 Å². The second kappa shape index (κ2) is 11.1. The van der Waals surface area contributed by atoms with Crippen LogP contribution in [0.4, 0.5) is 5.69 Å². The molecule has 2 aliphatic rings. The van der Waals surface area contributed by atoms with Crippen LogP contribution in [0, 0.1) is 0 Å². The molecule has 1 saturated heterocycles. The number of nitrogens with one attached hydrogen (secondary N) is 1. The molecule has 3 aromatic rings. The van der Waals surface area contributed by atoms with Crippen LogP contribution in [0.3, 0.4) is 0 Å². The van der Waals surface area contributed by atoms with E-state index in [1.54, 1.807) is 11.0 Å². The van der Waals surface area contributed by atoms with Crippen LogP contribution < -0.4 is 10.2 Å². The molecule has 6 nitrogen and oxygen atoms in total. The molecular formula is C29H25N3O3S2. The lowest BCUT2D eigenvalue weighted by molar-refractivity contribution is -0.122. The predicted octanol–water partition coefficient (Wildman–Crippen LogP) is 4.21. The number of thiocarbonyl (C=S) groups is 1. The number of para-hydroxylation sites is 1. The van der Waals surface area contributed by atoms with Gasteiger partial charge in [0.1, 0.15) is 10.9 Å². The maximum Gasteiger partial charge on any atom is 0.267 e. The van der Waals surface area contributed by atoms with E-state index in [4.69, 9.17) is 12.2 Å². The van der Waals surface area contributed by atoms with Gasteiger partial charge in [-0.25, -0.2) is 0 Å². The number of hydrogen-bond donors (Lipinski definition) is 1. The van der Waals surface area contributed by atoms with E-state index in [9.17, 15) is 14.4 Å². The van der Waals surface area contributed by atoms with Crippen LogP contribution in [0.15, 0.2) is 89.8 Å². The van der Waals surface area contributed by atoms with Gasteiger partial charge in [-0.2, -0.15) is 0 Å². The molecule has 0 radical (unpaired) electrons. The topological polar surface area (TPSA) is 69.7 Å². The minimum Gasteiger partial charge on any atom is -0.354 e. The fraction of sp³-hybridized carbons (Fsp3) is 0.172. The molecule has 0 aromatic heterocycles. The van der Waals surface area contributed by atoms with Gasteiger partial charge < -0.3 is 5.32 Å². The first-order valence-electron chi connectivity index (χ1n) is 12.1. The van der Waals surface area contributed by atoms with Gasteiger partial charge in [0.05, 0.1) is 16.2 Å². The Morgan fingerprint density at radius 3 is 2.11 bits per heavy atom. The molecule has 0 bridgehead atoms. The molecule has 0 saturated carbocycles. The van der Waals surface area contributed by atoms with Gasteiger partial charge in [0, 0.05) is 18.7 Å². The maximum absolute atomic E-state index is 13.6. The molecule has 0 unspecified atom stereocenters. The van der Waals surface area contributed by atoms with Crippen molar-refractivity contribution in [2.45, 2.75) is 12.8 Å². The van der Waals surface area contributed by atoms with Gasteiger partial charge in [-0.1, -0.05) is 103 Å². The third kappa shape index (κ3) is 5.35. The van der Waals surface area contributed by atoms with E-state index in [0.29, 0.717) is 52.0 Å². The molecule has 5 rings (SSSR count). The van der Waals surface area contributed by atoms with E-state index >= 15 is 0 Å². The van der Waals surface area contributed by atoms with Crippen molar-refractivity contribution in [3.8, 4) is 0 Å². The smallest absolute Gasteiger partial charge is 0.267 e. The first-order chi connectivity index (χ1) is 18.0. The van der Waals surface area contributed by atoms with Gasteiger partial charge in [0.15, 0.2) is 0 Å². The average molecular weight is 528 g/mol. The second-order valence-corrected chi connectivity index (χ2v) is 10.4. The number of carbonyl (C=O) groups is 3. The van der Waals surface area contributed by atoms with E-state index in [-0.39, 0.29) is 24.3 Å². The van der Waals surface area contributed by atoms with Crippen LogP contribution in [0.2, 0.25) is 0 Å². The highest BCUT2D eigenvalue weighted by molar-refractivity contribution is 8.26. The highest BCUT2D eigenvalue weighted by Gasteiger charge is 2.42. The number of carbonyl (C=O) groups excluding carboxylic acids is 3. The van der Waals surface area contributed by atoms with E-state index in [1.807, 2.05) is 78.9 Å². The molecule has 1 N–H and O–H groups in total. The number of anilines is 1. The quantitative estimate of drug-likeness (QED) is 0.351. The molecule has 2 aliphatic heterocycles. The molecule has 3 amide bonds. The highest BCUT2D eigenvalue weighted by Crippen LogP contribution is 2.44. The number of nitrogens with zero attached hydrogens (tertiary/aromatic N) is 2. The molecule has 2 heterocycles. The zero-order valence-electron chi connectivity index (χ0n) is 20.1. The Balaban J connectivity index is 1.31. The van der Waals surface area contributed by atoms with Crippen molar-refractivity contribution in [2.75, 3.05) is 24.5 Å². The van der Waals surface area contributed by atoms with Crippen LogP contribution >= 0.6 is 24.0 Å². The fourth-order valence-electron chi connectivity index (χ4n) is 4.47. The summed E-state index contributed by atoms with van der Waals surface area (Å²) >= 11 is 6.67. The van der Waals surface area contributed by atoms with Crippen molar-refractivity contribution in [3.05, 3.63) is 107 Å². The summed E-state index contributed by atoms with van der Waals surface area (Å²) in [6.45, 7) is 0.788. The van der Waals surface area contributed by atoms with Crippen LogP contribution in [0.5, 0.6) is 0 Å². The summed E-state index contributed by atoms with van der Waals surface area (Å²) in [5.74, 6) is -0.878. The minimum absolute atomic E-state index is 0.123. The first kappa shape index (κ1) is 24.9. The summed E-state index contributed by atoms with van der Waals surface area (Å²) in [4.78, 5) is 43.0. The number of amides is 3. The lowest BCUT2D eigenvalue weighted by atomic mass is 10.1. The summed E-state index contributed by atoms with van der Waals surface area (Å²) in [6, 6.07) is 27.0.